The van der Waals surface area contributed by atoms with Crippen LogP contribution in [0.15, 0.2) is 83.8 Å². The van der Waals surface area contributed by atoms with E-state index in [0.29, 0.717) is 16.9 Å². The topological polar surface area (TPSA) is 87.5 Å². The Hall–Kier alpha value is -3.73. The Balaban J connectivity index is 1.79. The summed E-state index contributed by atoms with van der Waals surface area (Å²) in [6.07, 6.45) is 1.72. The second-order valence-corrected chi connectivity index (χ2v) is 8.96. The number of rotatable bonds is 6. The predicted octanol–water partition coefficient (Wildman–Crippen LogP) is 4.22. The standard InChI is InChI=1S/C24H20N2O4S/c1-26(2)31(28,29)23-13-11-20(12-14-23)24(27)30-22-10-6-7-18(16-22)15-21(17-25)19-8-4-3-5-9-19/h3-16H,1-2H3/b21-15-. The van der Waals surface area contributed by atoms with Crippen molar-refractivity contribution >= 4 is 27.6 Å². The predicted molar refractivity (Wildman–Crippen MR) is 119 cm³/mol. The van der Waals surface area contributed by atoms with Crippen molar-refractivity contribution in [2.45, 2.75) is 4.90 Å². The molecule has 0 unspecified atom stereocenters. The van der Waals surface area contributed by atoms with E-state index in [0.717, 1.165) is 9.87 Å². The van der Waals surface area contributed by atoms with Crippen LogP contribution in [0, 0.1) is 11.3 Å². The van der Waals surface area contributed by atoms with E-state index in [9.17, 15) is 18.5 Å². The maximum absolute atomic E-state index is 12.5. The van der Waals surface area contributed by atoms with E-state index in [-0.39, 0.29) is 10.5 Å². The van der Waals surface area contributed by atoms with E-state index in [1.807, 2.05) is 30.3 Å². The lowest BCUT2D eigenvalue weighted by molar-refractivity contribution is 0.0734. The molecule has 3 aromatic carbocycles. The zero-order chi connectivity index (χ0) is 22.4. The van der Waals surface area contributed by atoms with Crippen molar-refractivity contribution in [3.05, 3.63) is 95.6 Å². The molecule has 0 bridgehead atoms. The van der Waals surface area contributed by atoms with Crippen LogP contribution in [0.3, 0.4) is 0 Å². The second kappa shape index (κ2) is 9.39. The molecule has 3 rings (SSSR count). The Morgan fingerprint density at radius 3 is 2.23 bits per heavy atom. The van der Waals surface area contributed by atoms with Crippen LogP contribution in [0.4, 0.5) is 0 Å². The first-order valence-corrected chi connectivity index (χ1v) is 10.8. The number of benzene rings is 3. The van der Waals surface area contributed by atoms with Crippen LogP contribution in [0.5, 0.6) is 5.75 Å². The van der Waals surface area contributed by atoms with E-state index in [1.165, 1.54) is 38.4 Å². The molecule has 3 aromatic rings. The molecule has 7 heteroatoms. The molecule has 0 aromatic heterocycles. The molecule has 31 heavy (non-hydrogen) atoms. The van der Waals surface area contributed by atoms with Crippen LogP contribution in [0.2, 0.25) is 0 Å². The number of hydrogen-bond donors (Lipinski definition) is 0. The Morgan fingerprint density at radius 1 is 0.935 bits per heavy atom. The minimum Gasteiger partial charge on any atom is -0.423 e. The maximum Gasteiger partial charge on any atom is 0.343 e. The Morgan fingerprint density at radius 2 is 1.61 bits per heavy atom. The summed E-state index contributed by atoms with van der Waals surface area (Å²) in [7, 11) is -0.695. The van der Waals surface area contributed by atoms with Gasteiger partial charge in [0.25, 0.3) is 0 Å². The molecule has 156 valence electrons. The van der Waals surface area contributed by atoms with Crippen molar-refractivity contribution in [2.75, 3.05) is 14.1 Å². The lowest BCUT2D eigenvalue weighted by atomic mass is 10.0. The van der Waals surface area contributed by atoms with E-state index in [2.05, 4.69) is 6.07 Å². The number of carbonyl (C=O) groups is 1. The molecule has 0 N–H and O–H groups in total. The van der Waals surface area contributed by atoms with Gasteiger partial charge in [-0.25, -0.2) is 17.5 Å². The minimum absolute atomic E-state index is 0.0890. The van der Waals surface area contributed by atoms with Gasteiger partial charge in [0, 0.05) is 14.1 Å². The number of nitrogens with zero attached hydrogens (tertiary/aromatic N) is 2. The summed E-state index contributed by atoms with van der Waals surface area (Å²) in [6, 6.07) is 23.8. The van der Waals surface area contributed by atoms with Crippen molar-refractivity contribution in [1.29, 1.82) is 5.26 Å². The molecule has 0 aliphatic heterocycles. The zero-order valence-corrected chi connectivity index (χ0v) is 17.8. The molecule has 0 radical (unpaired) electrons. The highest BCUT2D eigenvalue weighted by Crippen LogP contribution is 2.22. The summed E-state index contributed by atoms with van der Waals surface area (Å²) in [4.78, 5) is 12.6. The number of hydrogen-bond acceptors (Lipinski definition) is 5. The van der Waals surface area contributed by atoms with Gasteiger partial charge in [-0.3, -0.25) is 0 Å². The van der Waals surface area contributed by atoms with Crippen molar-refractivity contribution in [2.24, 2.45) is 0 Å². The first-order valence-electron chi connectivity index (χ1n) is 9.33. The van der Waals surface area contributed by atoms with Gasteiger partial charge in [0.15, 0.2) is 0 Å². The van der Waals surface area contributed by atoms with Gasteiger partial charge in [0.2, 0.25) is 10.0 Å². The van der Waals surface area contributed by atoms with Gasteiger partial charge in [0.05, 0.1) is 22.1 Å². The van der Waals surface area contributed by atoms with Crippen LogP contribution < -0.4 is 4.74 Å². The van der Waals surface area contributed by atoms with Crippen molar-refractivity contribution in [3.63, 3.8) is 0 Å². The monoisotopic (exact) mass is 432 g/mol. The van der Waals surface area contributed by atoms with Crippen molar-refractivity contribution in [3.8, 4) is 11.8 Å². The molecule has 0 aliphatic rings. The summed E-state index contributed by atoms with van der Waals surface area (Å²) in [5, 5.41) is 9.47. The fourth-order valence-electron chi connectivity index (χ4n) is 2.77. The third kappa shape index (κ3) is 5.25. The number of allylic oxidation sites excluding steroid dienone is 1. The fourth-order valence-corrected chi connectivity index (χ4v) is 3.67. The fraction of sp³-hybridized carbons (Fsp3) is 0.0833. The molecular formula is C24H20N2O4S. The summed E-state index contributed by atoms with van der Waals surface area (Å²) in [5.74, 6) is -0.299. The summed E-state index contributed by atoms with van der Waals surface area (Å²) in [6.45, 7) is 0. The number of ether oxygens (including phenoxy) is 1. The second-order valence-electron chi connectivity index (χ2n) is 6.81. The molecule has 0 atom stereocenters. The van der Waals surface area contributed by atoms with Crippen LogP contribution >= 0.6 is 0 Å². The maximum atomic E-state index is 12.5. The molecule has 0 fully saturated rings. The van der Waals surface area contributed by atoms with Gasteiger partial charge in [0.1, 0.15) is 5.75 Å². The first-order chi connectivity index (χ1) is 14.8. The number of nitriles is 1. The number of esters is 1. The minimum atomic E-state index is -3.57. The average Bonchev–Trinajstić information content (AvgIpc) is 2.78. The lowest BCUT2D eigenvalue weighted by Crippen LogP contribution is -2.22. The molecular weight excluding hydrogens is 412 g/mol. The van der Waals surface area contributed by atoms with Crippen LogP contribution in [0.25, 0.3) is 11.6 Å². The Labute approximate surface area is 181 Å². The highest BCUT2D eigenvalue weighted by molar-refractivity contribution is 7.89. The Kier molecular flexibility index (Phi) is 6.65. The van der Waals surface area contributed by atoms with Gasteiger partial charge in [-0.05, 0) is 53.6 Å². The summed E-state index contributed by atoms with van der Waals surface area (Å²) >= 11 is 0. The van der Waals surface area contributed by atoms with E-state index in [4.69, 9.17) is 4.74 Å². The highest BCUT2D eigenvalue weighted by Gasteiger charge is 2.18. The number of carbonyl (C=O) groups excluding carboxylic acids is 1. The molecule has 0 saturated carbocycles. The van der Waals surface area contributed by atoms with Gasteiger partial charge in [-0.15, -0.1) is 0 Å². The third-order valence-corrected chi connectivity index (χ3v) is 6.28. The van der Waals surface area contributed by atoms with Crippen LogP contribution in [-0.2, 0) is 10.0 Å². The van der Waals surface area contributed by atoms with Crippen LogP contribution in [-0.4, -0.2) is 32.8 Å². The third-order valence-electron chi connectivity index (χ3n) is 4.45. The van der Waals surface area contributed by atoms with Crippen molar-refractivity contribution < 1.29 is 17.9 Å². The van der Waals surface area contributed by atoms with E-state index in [1.54, 1.807) is 30.3 Å². The van der Waals surface area contributed by atoms with Gasteiger partial charge < -0.3 is 4.74 Å². The average molecular weight is 433 g/mol. The molecule has 0 heterocycles. The Bertz CT molecular complexity index is 1260. The van der Waals surface area contributed by atoms with Gasteiger partial charge in [-0.2, -0.15) is 5.26 Å². The summed E-state index contributed by atoms with van der Waals surface area (Å²) < 4.78 is 30.8. The van der Waals surface area contributed by atoms with E-state index >= 15 is 0 Å². The quantitative estimate of drug-likeness (QED) is 0.252. The molecule has 0 saturated heterocycles. The van der Waals surface area contributed by atoms with Crippen LogP contribution in [0.1, 0.15) is 21.5 Å². The highest BCUT2D eigenvalue weighted by atomic mass is 32.2. The largest absolute Gasteiger partial charge is 0.423 e. The first kappa shape index (κ1) is 22.0. The van der Waals surface area contributed by atoms with E-state index < -0.39 is 16.0 Å². The van der Waals surface area contributed by atoms with Crippen molar-refractivity contribution in [1.82, 2.24) is 4.31 Å². The lowest BCUT2D eigenvalue weighted by Gasteiger charge is -2.11. The smallest absolute Gasteiger partial charge is 0.343 e. The number of sulfonamides is 1. The molecule has 0 aliphatic carbocycles. The molecule has 6 nitrogen and oxygen atoms in total. The van der Waals surface area contributed by atoms with Gasteiger partial charge in [-0.1, -0.05) is 42.5 Å². The normalized spacial score (nSPS) is 11.7. The molecule has 0 amide bonds. The SMILES string of the molecule is CN(C)S(=O)(=O)c1ccc(C(=O)Oc2cccc(/C=C(/C#N)c3ccccc3)c2)cc1. The molecule has 0 spiro atoms. The zero-order valence-electron chi connectivity index (χ0n) is 17.0. The summed E-state index contributed by atoms with van der Waals surface area (Å²) in [5.41, 5.74) is 2.21. The van der Waals surface area contributed by atoms with Gasteiger partial charge >= 0.3 is 5.97 Å².